The molecule has 6 heteroatoms. The van der Waals surface area contributed by atoms with Gasteiger partial charge in [-0.2, -0.15) is 0 Å². The van der Waals surface area contributed by atoms with Gasteiger partial charge in [0.15, 0.2) is 5.58 Å². The van der Waals surface area contributed by atoms with Gasteiger partial charge < -0.3 is 15.1 Å². The Bertz CT molecular complexity index is 652. The first-order valence-corrected chi connectivity index (χ1v) is 6.39. The molecule has 100 valence electrons. The second-order valence-corrected chi connectivity index (χ2v) is 4.72. The lowest BCUT2D eigenvalue weighted by Gasteiger charge is -2.22. The summed E-state index contributed by atoms with van der Waals surface area (Å²) in [6.07, 6.45) is 3.04. The van der Waals surface area contributed by atoms with Crippen molar-refractivity contribution in [2.75, 3.05) is 11.9 Å². The van der Waals surface area contributed by atoms with Crippen LogP contribution in [0.1, 0.15) is 19.3 Å². The lowest BCUT2D eigenvalue weighted by molar-refractivity contribution is -0.118. The minimum atomic E-state index is -0.493. The Labute approximate surface area is 109 Å². The van der Waals surface area contributed by atoms with Gasteiger partial charge in [-0.25, -0.2) is 4.79 Å². The Morgan fingerprint density at radius 2 is 2.26 bits per heavy atom. The number of benzene rings is 1. The topological polar surface area (TPSA) is 87.1 Å². The molecule has 1 aromatic heterocycles. The van der Waals surface area contributed by atoms with Crippen molar-refractivity contribution in [3.05, 3.63) is 28.7 Å². The van der Waals surface area contributed by atoms with Crippen LogP contribution in [0.25, 0.3) is 11.1 Å². The SMILES string of the molecule is O=C(Nc1ccc2oc(=O)[nH]c2c1)[C@H]1CCCCN1. The summed E-state index contributed by atoms with van der Waals surface area (Å²) in [5.74, 6) is -0.530. The first kappa shape index (κ1) is 12.0. The van der Waals surface area contributed by atoms with E-state index in [-0.39, 0.29) is 11.9 Å². The Balaban J connectivity index is 1.76. The van der Waals surface area contributed by atoms with Gasteiger partial charge in [-0.15, -0.1) is 0 Å². The van der Waals surface area contributed by atoms with Crippen LogP contribution in [0.2, 0.25) is 0 Å². The summed E-state index contributed by atoms with van der Waals surface area (Å²) in [5, 5.41) is 6.04. The number of hydrogen-bond donors (Lipinski definition) is 3. The minimum absolute atomic E-state index is 0.0371. The number of aromatic amines is 1. The molecule has 0 radical (unpaired) electrons. The maximum absolute atomic E-state index is 12.0. The van der Waals surface area contributed by atoms with Crippen LogP contribution < -0.4 is 16.4 Å². The number of nitrogens with one attached hydrogen (secondary N) is 3. The third kappa shape index (κ3) is 2.53. The fourth-order valence-electron chi connectivity index (χ4n) is 2.33. The Morgan fingerprint density at radius 3 is 3.05 bits per heavy atom. The standard InChI is InChI=1S/C13H15N3O3/c17-12(9-3-1-2-6-14-9)15-8-4-5-11-10(7-8)16-13(18)19-11/h4-5,7,9,14H,1-3,6H2,(H,15,17)(H,16,18)/t9-/m1/s1. The first-order valence-electron chi connectivity index (χ1n) is 6.39. The Kier molecular flexibility index (Phi) is 3.08. The zero-order valence-corrected chi connectivity index (χ0v) is 10.4. The monoisotopic (exact) mass is 261 g/mol. The zero-order valence-electron chi connectivity index (χ0n) is 10.4. The van der Waals surface area contributed by atoms with E-state index in [1.54, 1.807) is 18.2 Å². The molecule has 19 heavy (non-hydrogen) atoms. The molecular formula is C13H15N3O3. The number of amides is 1. The highest BCUT2D eigenvalue weighted by atomic mass is 16.4. The fourth-order valence-corrected chi connectivity index (χ4v) is 2.33. The lowest BCUT2D eigenvalue weighted by atomic mass is 10.0. The van der Waals surface area contributed by atoms with Crippen LogP contribution in [-0.4, -0.2) is 23.5 Å². The second kappa shape index (κ2) is 4.89. The highest BCUT2D eigenvalue weighted by Gasteiger charge is 2.20. The van der Waals surface area contributed by atoms with Gasteiger partial charge >= 0.3 is 5.76 Å². The van der Waals surface area contributed by atoms with E-state index >= 15 is 0 Å². The van der Waals surface area contributed by atoms with Crippen LogP contribution in [0.4, 0.5) is 5.69 Å². The quantitative estimate of drug-likeness (QED) is 0.758. The van der Waals surface area contributed by atoms with E-state index in [2.05, 4.69) is 15.6 Å². The molecular weight excluding hydrogens is 246 g/mol. The van der Waals surface area contributed by atoms with E-state index in [0.29, 0.717) is 16.8 Å². The number of fused-ring (bicyclic) bond motifs is 1. The van der Waals surface area contributed by atoms with Crippen LogP contribution in [0.3, 0.4) is 0 Å². The number of piperidine rings is 1. The predicted molar refractivity (Wildman–Crippen MR) is 71.1 cm³/mol. The molecule has 0 aliphatic carbocycles. The molecule has 1 fully saturated rings. The second-order valence-electron chi connectivity index (χ2n) is 4.72. The summed E-state index contributed by atoms with van der Waals surface area (Å²) in [5.41, 5.74) is 1.72. The van der Waals surface area contributed by atoms with Crippen LogP contribution in [0.5, 0.6) is 0 Å². The average molecular weight is 261 g/mol. The Morgan fingerprint density at radius 1 is 1.37 bits per heavy atom. The molecule has 1 atom stereocenters. The molecule has 1 aliphatic rings. The highest BCUT2D eigenvalue weighted by molar-refractivity contribution is 5.96. The number of H-pyrrole nitrogens is 1. The molecule has 0 saturated carbocycles. The predicted octanol–water partition coefficient (Wildman–Crippen LogP) is 1.20. The van der Waals surface area contributed by atoms with Crippen molar-refractivity contribution in [3.8, 4) is 0 Å². The van der Waals surface area contributed by atoms with E-state index in [4.69, 9.17) is 4.42 Å². The minimum Gasteiger partial charge on any atom is -0.408 e. The number of carbonyl (C=O) groups is 1. The number of carbonyl (C=O) groups excluding carboxylic acids is 1. The normalized spacial score (nSPS) is 19.5. The molecule has 0 bridgehead atoms. The van der Waals surface area contributed by atoms with Crippen molar-refractivity contribution >= 4 is 22.7 Å². The average Bonchev–Trinajstić information content (AvgIpc) is 2.79. The third-order valence-electron chi connectivity index (χ3n) is 3.31. The molecule has 0 unspecified atom stereocenters. The van der Waals surface area contributed by atoms with Crippen LogP contribution >= 0.6 is 0 Å². The summed E-state index contributed by atoms with van der Waals surface area (Å²) in [6.45, 7) is 0.881. The van der Waals surface area contributed by atoms with E-state index in [1.807, 2.05) is 0 Å². The maximum Gasteiger partial charge on any atom is 0.417 e. The largest absolute Gasteiger partial charge is 0.417 e. The Hall–Kier alpha value is -2.08. The number of rotatable bonds is 2. The van der Waals surface area contributed by atoms with Crippen molar-refractivity contribution in [3.63, 3.8) is 0 Å². The molecule has 1 amide bonds. The molecule has 0 spiro atoms. The molecule has 6 nitrogen and oxygen atoms in total. The maximum atomic E-state index is 12.0. The van der Waals surface area contributed by atoms with Crippen LogP contribution in [0.15, 0.2) is 27.4 Å². The number of oxazole rings is 1. The summed E-state index contributed by atoms with van der Waals surface area (Å²) in [7, 11) is 0. The third-order valence-corrected chi connectivity index (χ3v) is 3.31. The van der Waals surface area contributed by atoms with Crippen LogP contribution in [-0.2, 0) is 4.79 Å². The lowest BCUT2D eigenvalue weighted by Crippen LogP contribution is -2.43. The first-order chi connectivity index (χ1) is 9.22. The summed E-state index contributed by atoms with van der Waals surface area (Å²) >= 11 is 0. The molecule has 3 rings (SSSR count). The molecule has 3 N–H and O–H groups in total. The molecule has 1 saturated heterocycles. The smallest absolute Gasteiger partial charge is 0.408 e. The van der Waals surface area contributed by atoms with Crippen molar-refractivity contribution in [1.29, 1.82) is 0 Å². The van der Waals surface area contributed by atoms with Crippen molar-refractivity contribution in [1.82, 2.24) is 10.3 Å². The summed E-state index contributed by atoms with van der Waals surface area (Å²) < 4.78 is 4.91. The van der Waals surface area contributed by atoms with Crippen molar-refractivity contribution in [2.45, 2.75) is 25.3 Å². The molecule has 2 aromatic rings. The highest BCUT2D eigenvalue weighted by Crippen LogP contribution is 2.17. The fraction of sp³-hybridized carbons (Fsp3) is 0.385. The van der Waals surface area contributed by atoms with Crippen molar-refractivity contribution < 1.29 is 9.21 Å². The summed E-state index contributed by atoms with van der Waals surface area (Å²) in [4.78, 5) is 25.7. The van der Waals surface area contributed by atoms with E-state index in [9.17, 15) is 9.59 Å². The van der Waals surface area contributed by atoms with E-state index in [1.165, 1.54) is 0 Å². The number of aromatic nitrogens is 1. The van der Waals surface area contributed by atoms with Gasteiger partial charge in [0.25, 0.3) is 0 Å². The van der Waals surface area contributed by atoms with Gasteiger partial charge in [-0.1, -0.05) is 6.42 Å². The van der Waals surface area contributed by atoms with Crippen molar-refractivity contribution in [2.24, 2.45) is 0 Å². The summed E-state index contributed by atoms with van der Waals surface area (Å²) in [6, 6.07) is 4.95. The van der Waals surface area contributed by atoms with Gasteiger partial charge in [0.1, 0.15) is 0 Å². The molecule has 1 aliphatic heterocycles. The van der Waals surface area contributed by atoms with Gasteiger partial charge in [0, 0.05) is 5.69 Å². The zero-order chi connectivity index (χ0) is 13.2. The van der Waals surface area contributed by atoms with Gasteiger partial charge in [0.2, 0.25) is 5.91 Å². The van der Waals surface area contributed by atoms with Crippen LogP contribution in [0, 0.1) is 0 Å². The van der Waals surface area contributed by atoms with Gasteiger partial charge in [-0.05, 0) is 37.6 Å². The molecule has 1 aromatic carbocycles. The number of hydrogen-bond acceptors (Lipinski definition) is 4. The molecule has 2 heterocycles. The van der Waals surface area contributed by atoms with Gasteiger partial charge in [0.05, 0.1) is 11.6 Å². The van der Waals surface area contributed by atoms with E-state index < -0.39 is 5.76 Å². The van der Waals surface area contributed by atoms with E-state index in [0.717, 1.165) is 25.8 Å². The number of anilines is 1. The van der Waals surface area contributed by atoms with Gasteiger partial charge in [-0.3, -0.25) is 9.78 Å².